The maximum atomic E-state index is 10.6. The number of carboxylic acid groups (broad SMARTS) is 1. The number of rotatable bonds is 13. The smallest absolute Gasteiger partial charge is 0.303 e. The van der Waals surface area contributed by atoms with Gasteiger partial charge in [0.05, 0.1) is 6.10 Å². The van der Waals surface area contributed by atoms with Gasteiger partial charge in [0.25, 0.3) is 0 Å². The van der Waals surface area contributed by atoms with Gasteiger partial charge in [-0.25, -0.2) is 0 Å². The quantitative estimate of drug-likeness (QED) is 0.273. The molecule has 1 aromatic heterocycles. The van der Waals surface area contributed by atoms with E-state index in [1.54, 1.807) is 11.3 Å². The van der Waals surface area contributed by atoms with Gasteiger partial charge in [-0.05, 0) is 56.1 Å². The number of hydrogen-bond acceptors (Lipinski definition) is 3. The number of aliphatic hydroxyl groups excluding tert-OH is 1. The summed E-state index contributed by atoms with van der Waals surface area (Å²) in [6.45, 7) is 2.19. The van der Waals surface area contributed by atoms with Crippen LogP contribution in [-0.2, 0) is 4.79 Å². The number of carbonyl (C=O) groups is 1. The van der Waals surface area contributed by atoms with Crippen molar-refractivity contribution < 1.29 is 15.0 Å². The SMILES string of the molecule is CCCCCC(O)c1ccc(C2CCC(Cl)C2CCCCCCC(=O)O)s1. The standard InChI is InChI=1S/C22H35ClO3S/c1-2-3-6-10-19(24)21-15-14-20(27-21)17-12-13-18(23)16(17)9-7-4-5-8-11-22(25)26/h14-19,24H,2-13H2,1H3,(H,25,26). The normalized spacial score (nSPS) is 23.6. The second kappa shape index (κ2) is 12.1. The van der Waals surface area contributed by atoms with Crippen LogP contribution in [0.3, 0.4) is 0 Å². The lowest BCUT2D eigenvalue weighted by molar-refractivity contribution is -0.137. The molecule has 3 nitrogen and oxygen atoms in total. The molecule has 1 aliphatic rings. The molecule has 0 spiro atoms. The molecule has 5 heteroatoms. The van der Waals surface area contributed by atoms with Crippen molar-refractivity contribution >= 4 is 28.9 Å². The molecule has 0 amide bonds. The average molecular weight is 415 g/mol. The van der Waals surface area contributed by atoms with Crippen LogP contribution in [0.1, 0.15) is 106 Å². The molecule has 0 saturated heterocycles. The third-order valence-corrected chi connectivity index (χ3v) is 7.70. The molecule has 27 heavy (non-hydrogen) atoms. The molecular formula is C22H35ClO3S. The summed E-state index contributed by atoms with van der Waals surface area (Å²) in [5.41, 5.74) is 0. The van der Waals surface area contributed by atoms with Gasteiger partial charge >= 0.3 is 5.97 Å². The zero-order valence-corrected chi connectivity index (χ0v) is 18.1. The van der Waals surface area contributed by atoms with Crippen molar-refractivity contribution in [3.8, 4) is 0 Å². The van der Waals surface area contributed by atoms with Crippen molar-refractivity contribution in [1.82, 2.24) is 0 Å². The minimum atomic E-state index is -0.697. The molecular weight excluding hydrogens is 380 g/mol. The van der Waals surface area contributed by atoms with Crippen LogP contribution in [0.15, 0.2) is 12.1 Å². The molecule has 1 heterocycles. The maximum Gasteiger partial charge on any atom is 0.303 e. The molecule has 2 rings (SSSR count). The Morgan fingerprint density at radius 1 is 1.19 bits per heavy atom. The fourth-order valence-electron chi connectivity index (χ4n) is 4.24. The lowest BCUT2D eigenvalue weighted by atomic mass is 9.89. The van der Waals surface area contributed by atoms with Crippen LogP contribution >= 0.6 is 22.9 Å². The van der Waals surface area contributed by atoms with Gasteiger partial charge < -0.3 is 10.2 Å². The molecule has 0 aliphatic heterocycles. The zero-order chi connectivity index (χ0) is 19.6. The Hall–Kier alpha value is -0.580. The lowest BCUT2D eigenvalue weighted by Crippen LogP contribution is -2.13. The number of carboxylic acids is 1. The van der Waals surface area contributed by atoms with E-state index in [1.165, 1.54) is 17.7 Å². The minimum Gasteiger partial charge on any atom is -0.481 e. The number of hydrogen-bond donors (Lipinski definition) is 2. The third-order valence-electron chi connectivity index (χ3n) is 5.84. The van der Waals surface area contributed by atoms with Crippen LogP contribution in [0.4, 0.5) is 0 Å². The van der Waals surface area contributed by atoms with Gasteiger partial charge in [0.1, 0.15) is 0 Å². The number of aliphatic hydroxyl groups is 1. The van der Waals surface area contributed by atoms with Crippen molar-refractivity contribution in [3.05, 3.63) is 21.9 Å². The largest absolute Gasteiger partial charge is 0.481 e. The van der Waals surface area contributed by atoms with Gasteiger partial charge in [-0.3, -0.25) is 4.79 Å². The van der Waals surface area contributed by atoms with Gasteiger partial charge in [0.2, 0.25) is 0 Å². The summed E-state index contributed by atoms with van der Waals surface area (Å²) >= 11 is 8.41. The third kappa shape index (κ3) is 7.40. The van der Waals surface area contributed by atoms with Gasteiger partial charge in [-0.1, -0.05) is 45.4 Å². The molecule has 1 fully saturated rings. The Morgan fingerprint density at radius 2 is 1.96 bits per heavy atom. The highest BCUT2D eigenvalue weighted by atomic mass is 35.5. The highest BCUT2D eigenvalue weighted by molar-refractivity contribution is 7.12. The van der Waals surface area contributed by atoms with Crippen LogP contribution in [0.25, 0.3) is 0 Å². The van der Waals surface area contributed by atoms with Crippen LogP contribution in [0.2, 0.25) is 0 Å². The summed E-state index contributed by atoms with van der Waals surface area (Å²) in [6.07, 6.45) is 11.6. The van der Waals surface area contributed by atoms with Gasteiger partial charge in [-0.2, -0.15) is 0 Å². The van der Waals surface area contributed by atoms with Gasteiger partial charge in [0, 0.05) is 21.6 Å². The molecule has 0 aromatic carbocycles. The molecule has 0 bridgehead atoms. The first-order valence-electron chi connectivity index (χ1n) is 10.7. The second-order valence-corrected chi connectivity index (χ2v) is 9.67. The molecule has 154 valence electrons. The van der Waals surface area contributed by atoms with Crippen LogP contribution < -0.4 is 0 Å². The van der Waals surface area contributed by atoms with Crippen LogP contribution in [0, 0.1) is 5.92 Å². The monoisotopic (exact) mass is 414 g/mol. The molecule has 1 saturated carbocycles. The van der Waals surface area contributed by atoms with E-state index < -0.39 is 5.97 Å². The van der Waals surface area contributed by atoms with E-state index in [0.29, 0.717) is 11.8 Å². The molecule has 2 N–H and O–H groups in total. The second-order valence-electron chi connectivity index (χ2n) is 7.96. The van der Waals surface area contributed by atoms with E-state index in [2.05, 4.69) is 19.1 Å². The van der Waals surface area contributed by atoms with E-state index in [0.717, 1.165) is 62.7 Å². The Balaban J connectivity index is 1.82. The molecule has 1 aromatic rings. The highest BCUT2D eigenvalue weighted by Crippen LogP contribution is 2.47. The number of aliphatic carboxylic acids is 1. The first-order valence-corrected chi connectivity index (χ1v) is 11.9. The molecule has 1 aliphatic carbocycles. The summed E-state index contributed by atoms with van der Waals surface area (Å²) in [4.78, 5) is 13.1. The average Bonchev–Trinajstić information content (AvgIpc) is 3.25. The van der Waals surface area contributed by atoms with Gasteiger partial charge in [-0.15, -0.1) is 22.9 Å². The fourth-order valence-corrected chi connectivity index (χ4v) is 5.91. The van der Waals surface area contributed by atoms with E-state index in [-0.39, 0.29) is 17.9 Å². The Bertz CT molecular complexity index is 560. The van der Waals surface area contributed by atoms with Gasteiger partial charge in [0.15, 0.2) is 0 Å². The predicted molar refractivity (Wildman–Crippen MR) is 114 cm³/mol. The number of halogens is 1. The van der Waals surface area contributed by atoms with Crippen molar-refractivity contribution in [3.63, 3.8) is 0 Å². The highest BCUT2D eigenvalue weighted by Gasteiger charge is 2.36. The van der Waals surface area contributed by atoms with Crippen LogP contribution in [0.5, 0.6) is 0 Å². The number of unbranched alkanes of at least 4 members (excludes halogenated alkanes) is 5. The van der Waals surface area contributed by atoms with Crippen molar-refractivity contribution in [2.45, 2.75) is 101 Å². The summed E-state index contributed by atoms with van der Waals surface area (Å²) < 4.78 is 0. The van der Waals surface area contributed by atoms with E-state index in [9.17, 15) is 9.90 Å². The minimum absolute atomic E-state index is 0.244. The summed E-state index contributed by atoms with van der Waals surface area (Å²) in [7, 11) is 0. The molecule has 4 atom stereocenters. The molecule has 0 radical (unpaired) electrons. The predicted octanol–water partition coefficient (Wildman–Crippen LogP) is 6.89. The van der Waals surface area contributed by atoms with E-state index in [1.807, 2.05) is 0 Å². The van der Waals surface area contributed by atoms with E-state index in [4.69, 9.17) is 16.7 Å². The van der Waals surface area contributed by atoms with Crippen LogP contribution in [-0.4, -0.2) is 21.6 Å². The Morgan fingerprint density at radius 3 is 2.70 bits per heavy atom. The number of alkyl halides is 1. The molecule has 4 unspecified atom stereocenters. The fraction of sp³-hybridized carbons (Fsp3) is 0.773. The number of thiophene rings is 1. The Kier molecular flexibility index (Phi) is 10.2. The van der Waals surface area contributed by atoms with Crippen molar-refractivity contribution in [2.75, 3.05) is 0 Å². The maximum absolute atomic E-state index is 10.6. The first-order chi connectivity index (χ1) is 13.0. The summed E-state index contributed by atoms with van der Waals surface area (Å²) in [6, 6.07) is 4.32. The first kappa shape index (κ1) is 22.7. The summed E-state index contributed by atoms with van der Waals surface area (Å²) in [5, 5.41) is 19.4. The summed E-state index contributed by atoms with van der Waals surface area (Å²) in [5.74, 6) is 0.333. The van der Waals surface area contributed by atoms with Crippen molar-refractivity contribution in [1.29, 1.82) is 0 Å². The van der Waals surface area contributed by atoms with Crippen molar-refractivity contribution in [2.24, 2.45) is 5.92 Å². The Labute approximate surface area is 173 Å². The lowest BCUT2D eigenvalue weighted by Gasteiger charge is -2.21. The zero-order valence-electron chi connectivity index (χ0n) is 16.5. The topological polar surface area (TPSA) is 57.5 Å². The van der Waals surface area contributed by atoms with E-state index >= 15 is 0 Å².